The Morgan fingerprint density at radius 3 is 2.28 bits per heavy atom. The Balaban J connectivity index is 2.13. The molecule has 3 rings (SSSR count). The molecule has 2 aromatic rings. The summed E-state index contributed by atoms with van der Waals surface area (Å²) in [5.41, 5.74) is 0.854. The highest BCUT2D eigenvalue weighted by atomic mass is 16.6. The lowest BCUT2D eigenvalue weighted by molar-refractivity contribution is -0.857. The third kappa shape index (κ3) is 4.02. The van der Waals surface area contributed by atoms with Crippen LogP contribution < -0.4 is 4.90 Å². The molecular formula is C21H22N3O5+. The molecule has 0 unspecified atom stereocenters. The first-order valence-corrected chi connectivity index (χ1v) is 9.18. The summed E-state index contributed by atoms with van der Waals surface area (Å²) in [5.74, 6) is -1.71. The Hall–Kier alpha value is -3.52. The number of Topliss-reactive ketones (excluding diaryl/α,β-unsaturated/α-hetero) is 1. The molecule has 1 aliphatic rings. The minimum atomic E-state index is -0.810. The van der Waals surface area contributed by atoms with Gasteiger partial charge in [-0.25, -0.2) is 0 Å². The number of nitro groups is 1. The molecule has 2 aromatic carbocycles. The highest BCUT2D eigenvalue weighted by Crippen LogP contribution is 2.39. The summed E-state index contributed by atoms with van der Waals surface area (Å²) in [6.07, 6.45) is 0. The first-order valence-electron chi connectivity index (χ1n) is 9.18. The van der Waals surface area contributed by atoms with Crippen LogP contribution in [0.1, 0.15) is 17.2 Å². The fraction of sp³-hybridized carbons (Fsp3) is 0.238. The van der Waals surface area contributed by atoms with Crippen molar-refractivity contribution in [3.05, 3.63) is 81.4 Å². The smallest absolute Gasteiger partial charge is 0.295 e. The van der Waals surface area contributed by atoms with Crippen molar-refractivity contribution in [2.24, 2.45) is 0 Å². The summed E-state index contributed by atoms with van der Waals surface area (Å²) in [6.45, 7) is 0.905. The van der Waals surface area contributed by atoms with Gasteiger partial charge in [0.15, 0.2) is 0 Å². The molecule has 1 amide bonds. The molecule has 0 spiro atoms. The third-order valence-electron chi connectivity index (χ3n) is 4.86. The van der Waals surface area contributed by atoms with Gasteiger partial charge >= 0.3 is 0 Å². The maximum Gasteiger partial charge on any atom is 0.295 e. The van der Waals surface area contributed by atoms with Gasteiger partial charge in [-0.1, -0.05) is 30.3 Å². The number of nitro benzene ring substituents is 1. The number of nitrogens with one attached hydrogen (secondary N) is 1. The van der Waals surface area contributed by atoms with Crippen molar-refractivity contribution in [2.45, 2.75) is 6.04 Å². The van der Waals surface area contributed by atoms with Crippen LogP contribution in [0.4, 0.5) is 5.69 Å². The zero-order valence-electron chi connectivity index (χ0n) is 16.2. The van der Waals surface area contributed by atoms with E-state index in [2.05, 4.69) is 0 Å². The van der Waals surface area contributed by atoms with Gasteiger partial charge in [0.1, 0.15) is 5.76 Å². The number of nitrogens with zero attached hydrogens (tertiary/aromatic N) is 2. The van der Waals surface area contributed by atoms with E-state index in [0.29, 0.717) is 24.2 Å². The molecule has 0 aliphatic carbocycles. The van der Waals surface area contributed by atoms with Crippen LogP contribution in [0.5, 0.6) is 0 Å². The van der Waals surface area contributed by atoms with Crippen molar-refractivity contribution in [1.82, 2.24) is 4.90 Å². The number of carbonyl (C=O) groups is 2. The number of likely N-dealkylation sites (N-methyl/N-ethyl adjacent to an activating group) is 1. The zero-order chi connectivity index (χ0) is 21.1. The van der Waals surface area contributed by atoms with E-state index in [4.69, 9.17) is 0 Å². The minimum Gasteiger partial charge on any atom is -0.507 e. The first-order chi connectivity index (χ1) is 13.8. The van der Waals surface area contributed by atoms with Gasteiger partial charge in [0.25, 0.3) is 17.4 Å². The normalized spacial score (nSPS) is 18.4. The molecule has 1 aliphatic heterocycles. The molecule has 8 heteroatoms. The summed E-state index contributed by atoms with van der Waals surface area (Å²) >= 11 is 0. The summed E-state index contributed by atoms with van der Waals surface area (Å²) in [7, 11) is 3.86. The molecule has 1 fully saturated rings. The summed E-state index contributed by atoms with van der Waals surface area (Å²) in [6, 6.07) is 13.4. The lowest BCUT2D eigenvalue weighted by Crippen LogP contribution is -3.06. The zero-order valence-corrected chi connectivity index (χ0v) is 16.2. The largest absolute Gasteiger partial charge is 0.507 e. The van der Waals surface area contributed by atoms with Crippen LogP contribution in [0.25, 0.3) is 5.76 Å². The predicted octanol–water partition coefficient (Wildman–Crippen LogP) is 1.16. The highest BCUT2D eigenvalue weighted by molar-refractivity contribution is 6.46. The Bertz CT molecular complexity index is 968. The van der Waals surface area contributed by atoms with E-state index in [1.54, 1.807) is 30.3 Å². The van der Waals surface area contributed by atoms with Crippen LogP contribution in [0, 0.1) is 10.1 Å². The second-order valence-electron chi connectivity index (χ2n) is 7.16. The number of benzene rings is 2. The van der Waals surface area contributed by atoms with E-state index in [-0.39, 0.29) is 17.0 Å². The Morgan fingerprint density at radius 2 is 1.72 bits per heavy atom. The van der Waals surface area contributed by atoms with E-state index < -0.39 is 22.7 Å². The molecule has 0 saturated carbocycles. The number of likely N-dealkylation sites (tertiary alicyclic amines) is 1. The van der Waals surface area contributed by atoms with Crippen LogP contribution in [-0.2, 0) is 9.59 Å². The van der Waals surface area contributed by atoms with Crippen molar-refractivity contribution >= 4 is 23.1 Å². The van der Waals surface area contributed by atoms with E-state index in [0.717, 1.165) is 4.90 Å². The van der Waals surface area contributed by atoms with Gasteiger partial charge in [0, 0.05) is 17.7 Å². The van der Waals surface area contributed by atoms with E-state index in [1.165, 1.54) is 29.2 Å². The molecule has 8 nitrogen and oxygen atoms in total. The molecule has 0 radical (unpaired) electrons. The van der Waals surface area contributed by atoms with Crippen LogP contribution in [0.3, 0.4) is 0 Å². The van der Waals surface area contributed by atoms with Crippen LogP contribution in [-0.4, -0.2) is 53.8 Å². The first kappa shape index (κ1) is 20.2. The highest BCUT2D eigenvalue weighted by Gasteiger charge is 2.46. The number of ketones is 1. The average molecular weight is 396 g/mol. The second kappa shape index (κ2) is 8.24. The van der Waals surface area contributed by atoms with Gasteiger partial charge in [-0.15, -0.1) is 0 Å². The monoisotopic (exact) mass is 396 g/mol. The number of amides is 1. The number of aliphatic hydroxyl groups excluding tert-OH is 1. The summed E-state index contributed by atoms with van der Waals surface area (Å²) < 4.78 is 0. The molecule has 1 saturated heterocycles. The fourth-order valence-corrected chi connectivity index (χ4v) is 3.33. The van der Waals surface area contributed by atoms with Crippen molar-refractivity contribution in [3.63, 3.8) is 0 Å². The van der Waals surface area contributed by atoms with Crippen LogP contribution in [0.15, 0.2) is 60.2 Å². The standard InChI is InChI=1S/C21H21N3O5/c1-22(2)12-13-23-18(14-8-10-16(11-9-14)24(28)29)17(20(26)21(23)27)19(25)15-6-4-3-5-7-15/h3-11,18,25H,12-13H2,1-2H3/p+1/t18-/m0/s1. The maximum atomic E-state index is 12.8. The van der Waals surface area contributed by atoms with Crippen LogP contribution >= 0.6 is 0 Å². The number of non-ortho nitro benzene ring substituents is 1. The fourth-order valence-electron chi connectivity index (χ4n) is 3.33. The van der Waals surface area contributed by atoms with Gasteiger partial charge in [0.2, 0.25) is 0 Å². The lowest BCUT2D eigenvalue weighted by atomic mass is 9.95. The third-order valence-corrected chi connectivity index (χ3v) is 4.86. The van der Waals surface area contributed by atoms with Crippen molar-refractivity contribution in [1.29, 1.82) is 0 Å². The Kier molecular flexibility index (Phi) is 5.74. The number of quaternary nitrogens is 1. The molecule has 1 atom stereocenters. The van der Waals surface area contributed by atoms with Gasteiger partial charge in [-0.2, -0.15) is 0 Å². The Labute approximate surface area is 167 Å². The van der Waals surface area contributed by atoms with E-state index >= 15 is 0 Å². The molecule has 150 valence electrons. The van der Waals surface area contributed by atoms with E-state index in [1.807, 2.05) is 14.1 Å². The van der Waals surface area contributed by atoms with Crippen molar-refractivity contribution in [3.8, 4) is 0 Å². The van der Waals surface area contributed by atoms with Gasteiger partial charge in [-0.3, -0.25) is 19.7 Å². The maximum absolute atomic E-state index is 12.8. The summed E-state index contributed by atoms with van der Waals surface area (Å²) in [5, 5.41) is 21.8. The molecule has 2 N–H and O–H groups in total. The van der Waals surface area contributed by atoms with Crippen LogP contribution in [0.2, 0.25) is 0 Å². The average Bonchev–Trinajstić information content (AvgIpc) is 2.97. The van der Waals surface area contributed by atoms with Gasteiger partial charge < -0.3 is 14.9 Å². The number of rotatable bonds is 6. The van der Waals surface area contributed by atoms with Crippen molar-refractivity contribution in [2.75, 3.05) is 27.2 Å². The Morgan fingerprint density at radius 1 is 1.10 bits per heavy atom. The number of aliphatic hydroxyl groups is 1. The topological polar surface area (TPSA) is 105 Å². The van der Waals surface area contributed by atoms with Gasteiger partial charge in [-0.05, 0) is 17.7 Å². The summed E-state index contributed by atoms with van der Waals surface area (Å²) in [4.78, 5) is 38.5. The minimum absolute atomic E-state index is 0.0104. The second-order valence-corrected chi connectivity index (χ2v) is 7.16. The molecule has 1 heterocycles. The number of hydrogen-bond acceptors (Lipinski definition) is 5. The number of carbonyl (C=O) groups excluding carboxylic acids is 2. The molecule has 29 heavy (non-hydrogen) atoms. The SMILES string of the molecule is C[NH+](C)CCN1C(=O)C(=O)C(=C(O)c2ccccc2)[C@@H]1c1ccc([N+](=O)[O-])cc1. The van der Waals surface area contributed by atoms with Crippen molar-refractivity contribution < 1.29 is 24.5 Å². The molecular weight excluding hydrogens is 374 g/mol. The molecule has 0 bridgehead atoms. The quantitative estimate of drug-likeness (QED) is 0.251. The van der Waals surface area contributed by atoms with E-state index in [9.17, 15) is 24.8 Å². The predicted molar refractivity (Wildman–Crippen MR) is 106 cm³/mol. The lowest BCUT2D eigenvalue weighted by Gasteiger charge is -2.25. The number of hydrogen-bond donors (Lipinski definition) is 2. The van der Waals surface area contributed by atoms with Gasteiger partial charge in [0.05, 0.1) is 43.7 Å². The molecule has 0 aromatic heterocycles.